The molecule has 3 heterocycles. The van der Waals surface area contributed by atoms with Crippen molar-refractivity contribution in [1.29, 1.82) is 0 Å². The van der Waals surface area contributed by atoms with Crippen LogP contribution in [0.5, 0.6) is 0 Å². The molecule has 1 saturated heterocycles. The van der Waals surface area contributed by atoms with E-state index in [1.54, 1.807) is 23.4 Å². The molecule has 29 heavy (non-hydrogen) atoms. The fourth-order valence-corrected chi connectivity index (χ4v) is 3.96. The second-order valence-electron chi connectivity index (χ2n) is 7.35. The Balaban J connectivity index is 1.63. The lowest BCUT2D eigenvalue weighted by Crippen LogP contribution is -2.39. The van der Waals surface area contributed by atoms with Gasteiger partial charge in [0.25, 0.3) is 5.91 Å². The Morgan fingerprint density at radius 2 is 1.66 bits per heavy atom. The molecule has 0 N–H and O–H groups in total. The zero-order valence-corrected chi connectivity index (χ0v) is 16.1. The number of amides is 2. The molecule has 1 fully saturated rings. The van der Waals surface area contributed by atoms with Crippen LogP contribution in [0, 0.1) is 19.8 Å². The Hall–Kier alpha value is -3.67. The molecule has 2 unspecified atom stereocenters. The highest BCUT2D eigenvalue weighted by Crippen LogP contribution is 2.39. The van der Waals surface area contributed by atoms with Crippen LogP contribution >= 0.6 is 0 Å². The first-order valence-electron chi connectivity index (χ1n) is 9.48. The van der Waals surface area contributed by atoms with E-state index in [1.165, 1.54) is 4.90 Å². The van der Waals surface area contributed by atoms with Crippen LogP contribution in [0.25, 0.3) is 0 Å². The summed E-state index contributed by atoms with van der Waals surface area (Å²) in [7, 11) is 0. The maximum atomic E-state index is 13.5. The smallest absolute Gasteiger partial charge is 0.259 e. The van der Waals surface area contributed by atoms with Crippen LogP contribution in [0.2, 0.25) is 0 Å². The van der Waals surface area contributed by atoms with E-state index in [0.717, 1.165) is 16.8 Å². The lowest BCUT2D eigenvalue weighted by Gasteiger charge is -2.22. The van der Waals surface area contributed by atoms with Gasteiger partial charge < -0.3 is 4.42 Å². The van der Waals surface area contributed by atoms with Crippen molar-refractivity contribution in [2.45, 2.75) is 19.9 Å². The van der Waals surface area contributed by atoms with Crippen LogP contribution in [0.4, 0.5) is 11.4 Å². The van der Waals surface area contributed by atoms with Crippen molar-refractivity contribution in [1.82, 2.24) is 0 Å². The van der Waals surface area contributed by atoms with Crippen molar-refractivity contribution in [2.75, 3.05) is 9.91 Å². The molecule has 6 nitrogen and oxygen atoms in total. The van der Waals surface area contributed by atoms with Crippen molar-refractivity contribution in [3.05, 3.63) is 83.8 Å². The van der Waals surface area contributed by atoms with Gasteiger partial charge in [-0.3, -0.25) is 14.6 Å². The molecule has 5 rings (SSSR count). The third-order valence-corrected chi connectivity index (χ3v) is 5.59. The third-order valence-electron chi connectivity index (χ3n) is 5.59. The summed E-state index contributed by atoms with van der Waals surface area (Å²) in [4.78, 5) is 28.2. The minimum absolute atomic E-state index is 0.280. The largest absolute Gasteiger partial charge is 0.463 e. The van der Waals surface area contributed by atoms with Crippen LogP contribution in [-0.2, 0) is 9.59 Å². The average molecular weight is 385 g/mol. The number of para-hydroxylation sites is 1. The standard InChI is InChI=1S/C23H19N3O3/c1-14-10-11-17(13-15(14)2)25-22(27)19-20(18-9-6-12-29-18)24-26(21(19)23(25)28)16-7-4-3-5-8-16/h3-13,19,21H,1-2H3. The van der Waals surface area contributed by atoms with Crippen molar-refractivity contribution in [3.63, 3.8) is 0 Å². The first-order chi connectivity index (χ1) is 14.1. The quantitative estimate of drug-likeness (QED) is 0.645. The molecule has 2 aliphatic heterocycles. The Bertz CT molecular complexity index is 1140. The molecule has 6 heteroatoms. The minimum atomic E-state index is -0.730. The number of carbonyl (C=O) groups is 2. The molecule has 3 aromatic rings. The Morgan fingerprint density at radius 3 is 2.34 bits per heavy atom. The number of imide groups is 1. The predicted molar refractivity (Wildman–Crippen MR) is 110 cm³/mol. The Kier molecular flexibility index (Phi) is 3.87. The van der Waals surface area contributed by atoms with Gasteiger partial charge >= 0.3 is 0 Å². The van der Waals surface area contributed by atoms with E-state index in [1.807, 2.05) is 62.4 Å². The summed E-state index contributed by atoms with van der Waals surface area (Å²) < 4.78 is 5.53. The van der Waals surface area contributed by atoms with E-state index in [9.17, 15) is 9.59 Å². The highest BCUT2D eigenvalue weighted by Gasteiger charge is 2.58. The maximum Gasteiger partial charge on any atom is 0.259 e. The molecule has 2 aliphatic rings. The minimum Gasteiger partial charge on any atom is -0.463 e. The van der Waals surface area contributed by atoms with Gasteiger partial charge in [-0.1, -0.05) is 24.3 Å². The van der Waals surface area contributed by atoms with Gasteiger partial charge in [-0.25, -0.2) is 4.90 Å². The maximum absolute atomic E-state index is 13.5. The molecule has 2 amide bonds. The number of benzene rings is 2. The van der Waals surface area contributed by atoms with Gasteiger partial charge in [0.2, 0.25) is 5.91 Å². The number of rotatable bonds is 3. The second kappa shape index (κ2) is 6.44. The van der Waals surface area contributed by atoms with E-state index in [4.69, 9.17) is 4.42 Å². The number of aryl methyl sites for hydroxylation is 2. The molecule has 144 valence electrons. The summed E-state index contributed by atoms with van der Waals surface area (Å²) in [5, 5.41) is 6.28. The molecule has 2 atom stereocenters. The van der Waals surface area contributed by atoms with E-state index in [-0.39, 0.29) is 11.8 Å². The number of nitrogens with zero attached hydrogens (tertiary/aromatic N) is 3. The SMILES string of the molecule is Cc1ccc(N2C(=O)C3C(c4ccco4)=NN(c4ccccc4)C3C2=O)cc1C. The topological polar surface area (TPSA) is 66.1 Å². The third kappa shape index (κ3) is 2.60. The lowest BCUT2D eigenvalue weighted by atomic mass is 9.96. The van der Waals surface area contributed by atoms with Gasteiger partial charge in [-0.05, 0) is 61.4 Å². The van der Waals surface area contributed by atoms with Crippen LogP contribution in [-0.4, -0.2) is 23.6 Å². The number of furan rings is 1. The predicted octanol–water partition coefficient (Wildman–Crippen LogP) is 3.68. The van der Waals surface area contributed by atoms with Crippen molar-refractivity contribution >= 4 is 28.9 Å². The number of hydrogen-bond acceptors (Lipinski definition) is 5. The fourth-order valence-electron chi connectivity index (χ4n) is 3.96. The zero-order chi connectivity index (χ0) is 20.1. The normalized spacial score (nSPS) is 21.0. The molecule has 0 spiro atoms. The molecule has 1 aromatic heterocycles. The molecule has 0 radical (unpaired) electrons. The van der Waals surface area contributed by atoms with Gasteiger partial charge in [-0.2, -0.15) is 5.10 Å². The van der Waals surface area contributed by atoms with E-state index >= 15 is 0 Å². The molecule has 2 aromatic carbocycles. The highest BCUT2D eigenvalue weighted by molar-refractivity contribution is 6.33. The summed E-state index contributed by atoms with van der Waals surface area (Å²) in [5.74, 6) is -0.772. The molecular weight excluding hydrogens is 366 g/mol. The second-order valence-corrected chi connectivity index (χ2v) is 7.35. The van der Waals surface area contributed by atoms with Crippen molar-refractivity contribution < 1.29 is 14.0 Å². The monoisotopic (exact) mass is 385 g/mol. The molecule has 0 saturated carbocycles. The summed E-state index contributed by atoms with van der Waals surface area (Å²) in [6, 6.07) is 17.8. The number of carbonyl (C=O) groups excluding carboxylic acids is 2. The van der Waals surface area contributed by atoms with Crippen LogP contribution in [0.1, 0.15) is 16.9 Å². The van der Waals surface area contributed by atoms with Gasteiger partial charge in [0.05, 0.1) is 17.6 Å². The molecule has 0 bridgehead atoms. The molecule has 0 aliphatic carbocycles. The molecular formula is C23H19N3O3. The summed E-state index contributed by atoms with van der Waals surface area (Å²) >= 11 is 0. The van der Waals surface area contributed by atoms with E-state index in [2.05, 4.69) is 5.10 Å². The zero-order valence-electron chi connectivity index (χ0n) is 16.1. The number of hydrazone groups is 1. The summed E-state index contributed by atoms with van der Waals surface area (Å²) in [6.07, 6.45) is 1.54. The summed E-state index contributed by atoms with van der Waals surface area (Å²) in [6.45, 7) is 3.97. The van der Waals surface area contributed by atoms with Gasteiger partial charge in [0.15, 0.2) is 5.76 Å². The first kappa shape index (κ1) is 17.4. The van der Waals surface area contributed by atoms with E-state index in [0.29, 0.717) is 17.2 Å². The number of anilines is 2. The average Bonchev–Trinajstić information content (AvgIpc) is 3.43. The van der Waals surface area contributed by atoms with Crippen LogP contribution < -0.4 is 9.91 Å². The van der Waals surface area contributed by atoms with Crippen LogP contribution in [0.15, 0.2) is 76.4 Å². The van der Waals surface area contributed by atoms with E-state index < -0.39 is 12.0 Å². The first-order valence-corrected chi connectivity index (χ1v) is 9.48. The van der Waals surface area contributed by atoms with Crippen molar-refractivity contribution in [2.24, 2.45) is 11.0 Å². The van der Waals surface area contributed by atoms with Crippen LogP contribution in [0.3, 0.4) is 0 Å². The van der Waals surface area contributed by atoms with Gasteiger partial charge in [0, 0.05) is 0 Å². The number of hydrogen-bond donors (Lipinski definition) is 0. The van der Waals surface area contributed by atoms with Crippen molar-refractivity contribution in [3.8, 4) is 0 Å². The number of fused-ring (bicyclic) bond motifs is 1. The fraction of sp³-hybridized carbons (Fsp3) is 0.174. The summed E-state index contributed by atoms with van der Waals surface area (Å²) in [5.41, 5.74) is 3.96. The Morgan fingerprint density at radius 1 is 0.862 bits per heavy atom. The van der Waals surface area contributed by atoms with Gasteiger partial charge in [-0.15, -0.1) is 0 Å². The lowest BCUT2D eigenvalue weighted by molar-refractivity contribution is -0.121. The van der Waals surface area contributed by atoms with Gasteiger partial charge in [0.1, 0.15) is 17.7 Å². The Labute approximate surface area is 168 Å². The highest BCUT2D eigenvalue weighted by atomic mass is 16.3.